The van der Waals surface area contributed by atoms with E-state index in [0.717, 1.165) is 6.07 Å². The molecule has 2 N–H and O–H groups in total. The molecule has 7 nitrogen and oxygen atoms in total. The predicted molar refractivity (Wildman–Crippen MR) is 83.8 cm³/mol. The summed E-state index contributed by atoms with van der Waals surface area (Å²) in [6.45, 7) is 0.707. The van der Waals surface area contributed by atoms with Crippen LogP contribution in [0, 0.1) is 0 Å². The van der Waals surface area contributed by atoms with Crippen molar-refractivity contribution < 1.29 is 32.7 Å². The molecule has 0 bridgehead atoms. The first-order valence-electron chi connectivity index (χ1n) is 7.27. The van der Waals surface area contributed by atoms with Gasteiger partial charge in [-0.25, -0.2) is 4.98 Å². The molecule has 0 aromatic carbocycles. The minimum Gasteiger partial charge on any atom is -0.389 e. The highest BCUT2D eigenvalue weighted by atomic mass is 35.5. The lowest BCUT2D eigenvalue weighted by atomic mass is 10.0. The van der Waals surface area contributed by atoms with E-state index in [1.54, 1.807) is 0 Å². The first-order chi connectivity index (χ1) is 12.1. The normalized spacial score (nSPS) is 15.1. The number of aromatic nitrogens is 1. The van der Waals surface area contributed by atoms with Crippen LogP contribution in [0.1, 0.15) is 25.3 Å². The minimum absolute atomic E-state index is 0.0465. The monoisotopic (exact) mass is 391 g/mol. The fourth-order valence-electron chi connectivity index (χ4n) is 2.25. The van der Waals surface area contributed by atoms with Crippen LogP contribution in [0.25, 0.3) is 0 Å². The third-order valence-corrected chi connectivity index (χ3v) is 3.94. The molecule has 0 saturated heterocycles. The number of halogens is 4. The molecule has 11 heteroatoms. The van der Waals surface area contributed by atoms with Crippen molar-refractivity contribution in [3.05, 3.63) is 34.0 Å². The van der Waals surface area contributed by atoms with Crippen LogP contribution in [-0.4, -0.2) is 39.3 Å². The number of aliphatic hydroxyl groups excluding tert-OH is 1. The van der Waals surface area contributed by atoms with Crippen LogP contribution < -0.4 is 5.43 Å². The van der Waals surface area contributed by atoms with Gasteiger partial charge in [-0.05, 0) is 25.5 Å². The highest BCUT2D eigenvalue weighted by Crippen LogP contribution is 2.34. The first kappa shape index (κ1) is 19.9. The third-order valence-electron chi connectivity index (χ3n) is 3.65. The largest absolute Gasteiger partial charge is 0.419 e. The van der Waals surface area contributed by atoms with Gasteiger partial charge in [-0.15, -0.1) is 0 Å². The Hall–Kier alpha value is -2.46. The molecular weight excluding hydrogens is 379 g/mol. The Kier molecular flexibility index (Phi) is 5.67. The fourth-order valence-corrected chi connectivity index (χ4v) is 2.51. The average Bonchev–Trinajstić information content (AvgIpc) is 2.75. The number of carbonyl (C=O) groups excluding carboxylic acids is 3. The molecule has 0 saturated carbocycles. The highest BCUT2D eigenvalue weighted by molar-refractivity contribution is 6.30. The molecule has 0 aliphatic carbocycles. The van der Waals surface area contributed by atoms with Crippen LogP contribution >= 0.6 is 11.6 Å². The van der Waals surface area contributed by atoms with Crippen molar-refractivity contribution in [2.45, 2.75) is 25.9 Å². The maximum absolute atomic E-state index is 12.7. The van der Waals surface area contributed by atoms with Gasteiger partial charge in [0.25, 0.3) is 11.8 Å². The number of nitrogens with one attached hydrogen (secondary N) is 1. The number of pyridine rings is 1. The molecule has 26 heavy (non-hydrogen) atoms. The second-order valence-electron chi connectivity index (χ2n) is 5.39. The van der Waals surface area contributed by atoms with Gasteiger partial charge < -0.3 is 5.11 Å². The first-order valence-corrected chi connectivity index (χ1v) is 7.65. The predicted octanol–water partition coefficient (Wildman–Crippen LogP) is 2.11. The zero-order chi connectivity index (χ0) is 19.6. The Balaban J connectivity index is 2.16. The molecule has 0 fully saturated rings. The summed E-state index contributed by atoms with van der Waals surface area (Å²) in [7, 11) is 0. The van der Waals surface area contributed by atoms with E-state index in [0.29, 0.717) is 11.1 Å². The van der Waals surface area contributed by atoms with Crippen molar-refractivity contribution in [1.82, 2.24) is 9.99 Å². The maximum atomic E-state index is 12.7. The van der Waals surface area contributed by atoms with Gasteiger partial charge >= 0.3 is 6.18 Å². The molecular formula is C15H13ClF3N3O4. The van der Waals surface area contributed by atoms with Crippen molar-refractivity contribution in [3.8, 4) is 0 Å². The number of hydrogen-bond acceptors (Lipinski definition) is 6. The Morgan fingerprint density at radius 1 is 1.31 bits per heavy atom. The van der Waals surface area contributed by atoms with E-state index in [-0.39, 0.29) is 29.8 Å². The van der Waals surface area contributed by atoms with Gasteiger partial charge in [0, 0.05) is 17.6 Å². The number of Topliss-reactive ketones (excluding diaryl/α,β-unsaturated/α-hetero) is 1. The molecule has 1 aliphatic rings. The fraction of sp³-hybridized carbons (Fsp3) is 0.333. The molecule has 0 unspecified atom stereocenters. The molecule has 1 aliphatic heterocycles. The lowest BCUT2D eigenvalue weighted by Gasteiger charge is -2.17. The number of rotatable bonds is 6. The number of imide groups is 1. The van der Waals surface area contributed by atoms with Crippen molar-refractivity contribution in [2.75, 3.05) is 12.0 Å². The quantitative estimate of drug-likeness (QED) is 0.569. The van der Waals surface area contributed by atoms with Crippen LogP contribution in [0.2, 0.25) is 5.15 Å². The van der Waals surface area contributed by atoms with Crippen LogP contribution in [0.5, 0.6) is 0 Å². The van der Waals surface area contributed by atoms with E-state index in [9.17, 15) is 27.6 Å². The molecule has 1 aromatic rings. The van der Waals surface area contributed by atoms with E-state index in [1.165, 1.54) is 6.92 Å². The van der Waals surface area contributed by atoms with Crippen molar-refractivity contribution in [1.29, 1.82) is 0 Å². The summed E-state index contributed by atoms with van der Waals surface area (Å²) in [4.78, 5) is 39.1. The SMILES string of the molecule is CC1=C(CCC(=O)CO)C(=O)N(Nc2ccc(C(F)(F)F)c(Cl)n2)C1=O. The van der Waals surface area contributed by atoms with E-state index >= 15 is 0 Å². The Morgan fingerprint density at radius 2 is 1.96 bits per heavy atom. The van der Waals surface area contributed by atoms with E-state index in [4.69, 9.17) is 16.7 Å². The molecule has 140 valence electrons. The standard InChI is InChI=1S/C15H13ClF3N3O4/c1-7-9(3-2-8(24)6-23)14(26)22(13(7)25)21-11-5-4-10(12(16)20-11)15(17,18)19/h4-5,23H,2-3,6H2,1H3,(H,20,21). The molecule has 2 rings (SSSR count). The second kappa shape index (κ2) is 7.42. The lowest BCUT2D eigenvalue weighted by molar-refractivity contribution is -0.138. The van der Waals surface area contributed by atoms with Gasteiger partial charge in [-0.2, -0.15) is 18.2 Å². The summed E-state index contributed by atoms with van der Waals surface area (Å²) in [6, 6.07) is 1.60. The molecule has 0 atom stereocenters. The van der Waals surface area contributed by atoms with E-state index in [2.05, 4.69) is 10.4 Å². The average molecular weight is 392 g/mol. The zero-order valence-electron chi connectivity index (χ0n) is 13.4. The molecule has 0 radical (unpaired) electrons. The number of hydrogen-bond donors (Lipinski definition) is 2. The van der Waals surface area contributed by atoms with Crippen LogP contribution in [0.15, 0.2) is 23.3 Å². The Morgan fingerprint density at radius 3 is 2.50 bits per heavy atom. The van der Waals surface area contributed by atoms with Crippen molar-refractivity contribution >= 4 is 35.0 Å². The summed E-state index contributed by atoms with van der Waals surface area (Å²) in [5, 5.41) is 8.45. The number of aliphatic hydroxyl groups is 1. The smallest absolute Gasteiger partial charge is 0.389 e. The van der Waals surface area contributed by atoms with Crippen molar-refractivity contribution in [2.24, 2.45) is 0 Å². The molecule has 0 spiro atoms. The summed E-state index contributed by atoms with van der Waals surface area (Å²) in [5.74, 6) is -2.20. The number of amides is 2. The number of hydrazine groups is 1. The van der Waals surface area contributed by atoms with Gasteiger partial charge in [-0.1, -0.05) is 11.6 Å². The topological polar surface area (TPSA) is 99.6 Å². The van der Waals surface area contributed by atoms with Gasteiger partial charge in [-0.3, -0.25) is 19.8 Å². The summed E-state index contributed by atoms with van der Waals surface area (Å²) in [6.07, 6.45) is -4.86. The van der Waals surface area contributed by atoms with Crippen molar-refractivity contribution in [3.63, 3.8) is 0 Å². The van der Waals surface area contributed by atoms with Gasteiger partial charge in [0.05, 0.1) is 5.56 Å². The summed E-state index contributed by atoms with van der Waals surface area (Å²) in [5.41, 5.74) is 1.33. The number of ketones is 1. The van der Waals surface area contributed by atoms with E-state index < -0.39 is 41.1 Å². The van der Waals surface area contributed by atoms with Gasteiger partial charge in [0.1, 0.15) is 17.6 Å². The number of alkyl halides is 3. The molecule has 2 heterocycles. The van der Waals surface area contributed by atoms with Gasteiger partial charge in [0.15, 0.2) is 5.78 Å². The Bertz CT molecular complexity index is 808. The summed E-state index contributed by atoms with van der Waals surface area (Å²) < 4.78 is 38.0. The second-order valence-corrected chi connectivity index (χ2v) is 5.75. The zero-order valence-corrected chi connectivity index (χ0v) is 14.1. The Labute approximate surface area is 150 Å². The van der Waals surface area contributed by atoms with Gasteiger partial charge in [0.2, 0.25) is 0 Å². The van der Waals surface area contributed by atoms with Crippen LogP contribution in [-0.2, 0) is 20.6 Å². The summed E-state index contributed by atoms with van der Waals surface area (Å²) >= 11 is 5.50. The number of anilines is 1. The maximum Gasteiger partial charge on any atom is 0.419 e. The third kappa shape index (κ3) is 4.02. The van der Waals surface area contributed by atoms with Crippen LogP contribution in [0.4, 0.5) is 19.0 Å². The molecule has 2 amide bonds. The lowest BCUT2D eigenvalue weighted by Crippen LogP contribution is -2.37. The highest BCUT2D eigenvalue weighted by Gasteiger charge is 2.37. The number of carbonyl (C=O) groups is 3. The van der Waals surface area contributed by atoms with Crippen LogP contribution in [0.3, 0.4) is 0 Å². The number of nitrogens with zero attached hydrogens (tertiary/aromatic N) is 2. The van der Waals surface area contributed by atoms with E-state index in [1.807, 2.05) is 0 Å². The minimum atomic E-state index is -4.69. The molecule has 1 aromatic heterocycles.